The average Bonchev–Trinajstić information content (AvgIpc) is 2.92. The number of thioether (sulfide) groups is 1. The number of carboxylic acids is 1. The minimum Gasteiger partial charge on any atom is -0.478 e. The minimum absolute atomic E-state index is 0.164. The molecule has 6 heteroatoms. The van der Waals surface area contributed by atoms with Gasteiger partial charge in [-0.05, 0) is 36.8 Å². The second kappa shape index (κ2) is 7.36. The fourth-order valence-electron chi connectivity index (χ4n) is 2.54. The van der Waals surface area contributed by atoms with Crippen molar-refractivity contribution >= 4 is 23.8 Å². The van der Waals surface area contributed by atoms with Crippen molar-refractivity contribution in [2.45, 2.75) is 37.1 Å². The molecule has 3 N–H and O–H groups in total. The van der Waals surface area contributed by atoms with Gasteiger partial charge in [0.15, 0.2) is 0 Å². The lowest BCUT2D eigenvalue weighted by Gasteiger charge is -2.19. The Morgan fingerprint density at radius 1 is 1.29 bits per heavy atom. The Kier molecular flexibility index (Phi) is 5.50. The lowest BCUT2D eigenvalue weighted by Crippen LogP contribution is -2.44. The normalized spacial score (nSPS) is 21.0. The van der Waals surface area contributed by atoms with Crippen LogP contribution in [0.4, 0.5) is 4.79 Å². The number of hydrogen-bond donors (Lipinski definition) is 3. The van der Waals surface area contributed by atoms with Gasteiger partial charge in [0.1, 0.15) is 0 Å². The van der Waals surface area contributed by atoms with Gasteiger partial charge in [-0.2, -0.15) is 11.8 Å². The van der Waals surface area contributed by atoms with Gasteiger partial charge in [0.05, 0.1) is 5.56 Å². The number of carbonyl (C=O) groups excluding carboxylic acids is 1. The molecule has 2 atom stereocenters. The van der Waals surface area contributed by atoms with Crippen LogP contribution in [0, 0.1) is 0 Å². The van der Waals surface area contributed by atoms with E-state index in [1.807, 2.05) is 0 Å². The van der Waals surface area contributed by atoms with E-state index in [1.54, 1.807) is 23.9 Å². The Bertz CT molecular complexity index is 504. The van der Waals surface area contributed by atoms with Crippen molar-refractivity contribution in [2.75, 3.05) is 6.26 Å². The highest BCUT2D eigenvalue weighted by Crippen LogP contribution is 2.28. The maximum atomic E-state index is 11.9. The number of amides is 2. The third-order valence-electron chi connectivity index (χ3n) is 3.73. The van der Waals surface area contributed by atoms with Gasteiger partial charge in [-0.25, -0.2) is 9.59 Å². The van der Waals surface area contributed by atoms with Gasteiger partial charge < -0.3 is 15.7 Å². The van der Waals surface area contributed by atoms with Crippen LogP contribution < -0.4 is 10.6 Å². The standard InChI is InChI=1S/C15H20N2O3S/c1-21-13-4-2-3-12(13)17-15(20)16-9-10-5-7-11(8-6-10)14(18)19/h5-8,12-13H,2-4,9H2,1H3,(H,18,19)(H2,16,17,20). The number of nitrogens with one attached hydrogen (secondary N) is 2. The Hall–Kier alpha value is -1.69. The summed E-state index contributed by atoms with van der Waals surface area (Å²) in [7, 11) is 0. The summed E-state index contributed by atoms with van der Waals surface area (Å²) in [5, 5.41) is 15.2. The van der Waals surface area contributed by atoms with Crippen LogP contribution >= 0.6 is 11.8 Å². The highest BCUT2D eigenvalue weighted by atomic mass is 32.2. The van der Waals surface area contributed by atoms with E-state index < -0.39 is 5.97 Å². The predicted octanol–water partition coefficient (Wildman–Crippen LogP) is 2.47. The molecule has 1 saturated carbocycles. The maximum Gasteiger partial charge on any atom is 0.335 e. The van der Waals surface area contributed by atoms with Crippen LogP contribution in [0.1, 0.15) is 35.2 Å². The van der Waals surface area contributed by atoms with Gasteiger partial charge in [-0.1, -0.05) is 18.6 Å². The molecule has 2 unspecified atom stereocenters. The van der Waals surface area contributed by atoms with E-state index in [4.69, 9.17) is 5.11 Å². The molecule has 2 rings (SSSR count). The van der Waals surface area contributed by atoms with Gasteiger partial charge >= 0.3 is 12.0 Å². The molecule has 0 aromatic heterocycles. The van der Waals surface area contributed by atoms with Crippen LogP contribution in [0.5, 0.6) is 0 Å². The van der Waals surface area contributed by atoms with Gasteiger partial charge in [-0.3, -0.25) is 0 Å². The summed E-state index contributed by atoms with van der Waals surface area (Å²) < 4.78 is 0. The first-order valence-corrected chi connectivity index (χ1v) is 8.28. The van der Waals surface area contributed by atoms with Crippen molar-refractivity contribution in [1.29, 1.82) is 0 Å². The lowest BCUT2D eigenvalue weighted by atomic mass is 10.1. The Morgan fingerprint density at radius 2 is 2.00 bits per heavy atom. The first kappa shape index (κ1) is 15.7. The average molecular weight is 308 g/mol. The Balaban J connectivity index is 1.79. The summed E-state index contributed by atoms with van der Waals surface area (Å²) in [5.41, 5.74) is 1.12. The van der Waals surface area contributed by atoms with E-state index in [0.29, 0.717) is 11.8 Å². The summed E-state index contributed by atoms with van der Waals surface area (Å²) in [6.07, 6.45) is 5.43. The van der Waals surface area contributed by atoms with E-state index >= 15 is 0 Å². The third-order valence-corrected chi connectivity index (χ3v) is 4.90. The molecular formula is C15H20N2O3S. The zero-order valence-corrected chi connectivity index (χ0v) is 12.8. The van der Waals surface area contributed by atoms with Crippen molar-refractivity contribution in [3.63, 3.8) is 0 Å². The van der Waals surface area contributed by atoms with E-state index in [1.165, 1.54) is 12.1 Å². The zero-order valence-electron chi connectivity index (χ0n) is 12.0. The van der Waals surface area contributed by atoms with Crippen LogP contribution in [-0.2, 0) is 6.54 Å². The van der Waals surface area contributed by atoms with E-state index in [0.717, 1.165) is 24.8 Å². The number of rotatable bonds is 5. The molecule has 0 heterocycles. The monoisotopic (exact) mass is 308 g/mol. The quantitative estimate of drug-likeness (QED) is 0.781. The second-order valence-corrected chi connectivity index (χ2v) is 6.22. The van der Waals surface area contributed by atoms with E-state index in [9.17, 15) is 9.59 Å². The number of benzene rings is 1. The van der Waals surface area contributed by atoms with E-state index in [2.05, 4.69) is 16.9 Å². The number of aromatic carboxylic acids is 1. The highest BCUT2D eigenvalue weighted by molar-refractivity contribution is 7.99. The highest BCUT2D eigenvalue weighted by Gasteiger charge is 2.27. The molecule has 1 fully saturated rings. The molecule has 1 aliphatic rings. The molecule has 1 aromatic carbocycles. The van der Waals surface area contributed by atoms with Crippen LogP contribution in [0.3, 0.4) is 0 Å². The molecule has 5 nitrogen and oxygen atoms in total. The maximum absolute atomic E-state index is 11.9. The van der Waals surface area contributed by atoms with Crippen molar-refractivity contribution in [3.05, 3.63) is 35.4 Å². The Morgan fingerprint density at radius 3 is 2.62 bits per heavy atom. The molecule has 0 bridgehead atoms. The molecule has 0 spiro atoms. The number of hydrogen-bond acceptors (Lipinski definition) is 3. The first-order valence-electron chi connectivity index (χ1n) is 6.99. The molecule has 21 heavy (non-hydrogen) atoms. The van der Waals surface area contributed by atoms with Gasteiger partial charge in [-0.15, -0.1) is 0 Å². The van der Waals surface area contributed by atoms with Gasteiger partial charge in [0.25, 0.3) is 0 Å². The van der Waals surface area contributed by atoms with Gasteiger partial charge in [0.2, 0.25) is 0 Å². The molecule has 0 aliphatic heterocycles. The molecular weight excluding hydrogens is 288 g/mol. The van der Waals surface area contributed by atoms with Crippen molar-refractivity contribution in [1.82, 2.24) is 10.6 Å². The second-order valence-electron chi connectivity index (χ2n) is 5.14. The summed E-state index contributed by atoms with van der Waals surface area (Å²) in [5.74, 6) is -0.948. The van der Waals surface area contributed by atoms with Crippen LogP contribution in [0.2, 0.25) is 0 Å². The Labute approximate surface area is 128 Å². The fourth-order valence-corrected chi connectivity index (χ4v) is 3.48. The topological polar surface area (TPSA) is 78.4 Å². The summed E-state index contributed by atoms with van der Waals surface area (Å²) in [4.78, 5) is 22.6. The number of urea groups is 1. The molecule has 114 valence electrons. The largest absolute Gasteiger partial charge is 0.478 e. The van der Waals surface area contributed by atoms with Crippen molar-refractivity contribution in [2.24, 2.45) is 0 Å². The SMILES string of the molecule is CSC1CCCC1NC(=O)NCc1ccc(C(=O)O)cc1. The van der Waals surface area contributed by atoms with Crippen molar-refractivity contribution in [3.8, 4) is 0 Å². The number of carbonyl (C=O) groups is 2. The summed E-state index contributed by atoms with van der Waals surface area (Å²) in [6.45, 7) is 0.391. The third kappa shape index (κ3) is 4.39. The zero-order chi connectivity index (χ0) is 15.2. The van der Waals surface area contributed by atoms with Crippen LogP contribution in [-0.4, -0.2) is 34.7 Å². The van der Waals surface area contributed by atoms with Gasteiger partial charge in [0, 0.05) is 17.8 Å². The first-order chi connectivity index (χ1) is 10.1. The van der Waals surface area contributed by atoms with Crippen LogP contribution in [0.15, 0.2) is 24.3 Å². The van der Waals surface area contributed by atoms with Crippen LogP contribution in [0.25, 0.3) is 0 Å². The van der Waals surface area contributed by atoms with E-state index in [-0.39, 0.29) is 17.6 Å². The summed E-state index contributed by atoms with van der Waals surface area (Å²) in [6, 6.07) is 6.59. The van der Waals surface area contributed by atoms with Crippen molar-refractivity contribution < 1.29 is 14.7 Å². The molecule has 0 radical (unpaired) electrons. The fraction of sp³-hybridized carbons (Fsp3) is 0.467. The predicted molar refractivity (Wildman–Crippen MR) is 83.7 cm³/mol. The molecule has 1 aliphatic carbocycles. The number of carboxylic acid groups (broad SMARTS) is 1. The molecule has 2 amide bonds. The smallest absolute Gasteiger partial charge is 0.335 e. The minimum atomic E-state index is -0.948. The lowest BCUT2D eigenvalue weighted by molar-refractivity contribution is 0.0697. The summed E-state index contributed by atoms with van der Waals surface area (Å²) >= 11 is 1.80. The molecule has 1 aromatic rings. The molecule has 0 saturated heterocycles.